The summed E-state index contributed by atoms with van der Waals surface area (Å²) in [7, 11) is 1.28. The molecule has 0 N–H and O–H groups in total. The molecular formula is C10H9BrO3. The minimum absolute atomic E-state index is 0.169. The summed E-state index contributed by atoms with van der Waals surface area (Å²) in [5.41, 5.74) is 0.647. The average molecular weight is 257 g/mol. The van der Waals surface area contributed by atoms with E-state index in [1.54, 1.807) is 18.2 Å². The van der Waals surface area contributed by atoms with Crippen molar-refractivity contribution in [3.8, 4) is 0 Å². The van der Waals surface area contributed by atoms with Gasteiger partial charge in [-0.15, -0.1) is 0 Å². The first-order chi connectivity index (χ1) is 6.57. The molecule has 0 spiro atoms. The Hall–Kier alpha value is -1.16. The van der Waals surface area contributed by atoms with Crippen molar-refractivity contribution in [2.75, 3.05) is 7.11 Å². The van der Waals surface area contributed by atoms with Crippen molar-refractivity contribution in [1.82, 2.24) is 0 Å². The second kappa shape index (κ2) is 4.37. The fourth-order valence-corrected chi connectivity index (χ4v) is 1.81. The van der Waals surface area contributed by atoms with Gasteiger partial charge in [0.15, 0.2) is 5.78 Å². The van der Waals surface area contributed by atoms with Crippen LogP contribution in [0.25, 0.3) is 0 Å². The summed E-state index contributed by atoms with van der Waals surface area (Å²) in [5.74, 6) is -0.672. The third kappa shape index (κ3) is 2.01. The van der Waals surface area contributed by atoms with Gasteiger partial charge in [-0.2, -0.15) is 0 Å². The number of carbonyl (C=O) groups excluding carboxylic acids is 2. The van der Waals surface area contributed by atoms with Gasteiger partial charge in [0.25, 0.3) is 0 Å². The molecule has 1 rings (SSSR count). The Morgan fingerprint density at radius 1 is 1.36 bits per heavy atom. The number of methoxy groups -OCH3 is 1. The molecule has 0 amide bonds. The molecule has 0 aliphatic heterocycles. The summed E-state index contributed by atoms with van der Waals surface area (Å²) in [6.07, 6.45) is 0. The number of hydrogen-bond donors (Lipinski definition) is 0. The van der Waals surface area contributed by atoms with Gasteiger partial charge >= 0.3 is 5.97 Å². The summed E-state index contributed by atoms with van der Waals surface area (Å²) in [6.45, 7) is 1.41. The van der Waals surface area contributed by atoms with E-state index < -0.39 is 5.97 Å². The lowest BCUT2D eigenvalue weighted by Gasteiger charge is -2.06. The number of hydrogen-bond acceptors (Lipinski definition) is 3. The van der Waals surface area contributed by atoms with E-state index in [4.69, 9.17) is 0 Å². The van der Waals surface area contributed by atoms with Crippen molar-refractivity contribution in [2.24, 2.45) is 0 Å². The highest BCUT2D eigenvalue weighted by molar-refractivity contribution is 9.10. The predicted octanol–water partition coefficient (Wildman–Crippen LogP) is 2.44. The van der Waals surface area contributed by atoms with Crippen LogP contribution in [0.3, 0.4) is 0 Å². The highest BCUT2D eigenvalue weighted by Gasteiger charge is 2.17. The van der Waals surface area contributed by atoms with Crippen LogP contribution in [0, 0.1) is 0 Å². The van der Waals surface area contributed by atoms with Crippen LogP contribution in [0.2, 0.25) is 0 Å². The predicted molar refractivity (Wildman–Crippen MR) is 55.5 cm³/mol. The standard InChI is InChI=1S/C10H9BrO3/c1-6(12)9-7(10(13)14-2)4-3-5-8(9)11/h3-5H,1-2H3. The largest absolute Gasteiger partial charge is 0.465 e. The topological polar surface area (TPSA) is 43.4 Å². The van der Waals surface area contributed by atoms with Crippen molar-refractivity contribution in [2.45, 2.75) is 6.92 Å². The maximum Gasteiger partial charge on any atom is 0.338 e. The fraction of sp³-hybridized carbons (Fsp3) is 0.200. The molecule has 1 aromatic rings. The SMILES string of the molecule is COC(=O)c1cccc(Br)c1C(C)=O. The van der Waals surface area contributed by atoms with Gasteiger partial charge in [0, 0.05) is 10.0 Å². The molecular weight excluding hydrogens is 248 g/mol. The average Bonchev–Trinajstić information content (AvgIpc) is 2.15. The Labute approximate surface area is 90.2 Å². The molecule has 1 aromatic carbocycles. The number of ketones is 1. The van der Waals surface area contributed by atoms with Crippen molar-refractivity contribution in [3.63, 3.8) is 0 Å². The first-order valence-electron chi connectivity index (χ1n) is 3.95. The molecule has 0 aromatic heterocycles. The highest BCUT2D eigenvalue weighted by atomic mass is 79.9. The minimum Gasteiger partial charge on any atom is -0.465 e. The van der Waals surface area contributed by atoms with Gasteiger partial charge in [0.1, 0.15) is 0 Å². The number of benzene rings is 1. The molecule has 74 valence electrons. The number of carbonyl (C=O) groups is 2. The molecule has 3 nitrogen and oxygen atoms in total. The van der Waals surface area contributed by atoms with Crippen molar-refractivity contribution in [3.05, 3.63) is 33.8 Å². The first-order valence-corrected chi connectivity index (χ1v) is 4.75. The van der Waals surface area contributed by atoms with E-state index in [0.717, 1.165) is 0 Å². The van der Waals surface area contributed by atoms with Crippen molar-refractivity contribution in [1.29, 1.82) is 0 Å². The van der Waals surface area contributed by atoms with Gasteiger partial charge < -0.3 is 4.74 Å². The van der Waals surface area contributed by atoms with E-state index in [1.165, 1.54) is 14.0 Å². The molecule has 0 unspecified atom stereocenters. The summed E-state index contributed by atoms with van der Waals surface area (Å²) < 4.78 is 5.17. The third-order valence-corrected chi connectivity index (χ3v) is 2.43. The number of ether oxygens (including phenoxy) is 1. The van der Waals surface area contributed by atoms with Gasteiger partial charge in [-0.25, -0.2) is 4.79 Å². The lowest BCUT2D eigenvalue weighted by molar-refractivity contribution is 0.0597. The van der Waals surface area contributed by atoms with E-state index >= 15 is 0 Å². The molecule has 0 radical (unpaired) electrons. The van der Waals surface area contributed by atoms with Crippen LogP contribution in [0.15, 0.2) is 22.7 Å². The van der Waals surface area contributed by atoms with Gasteiger partial charge in [-0.05, 0) is 19.1 Å². The molecule has 4 heteroatoms. The number of rotatable bonds is 2. The lowest BCUT2D eigenvalue weighted by Crippen LogP contribution is -2.09. The van der Waals surface area contributed by atoms with Crippen LogP contribution in [-0.4, -0.2) is 18.9 Å². The van der Waals surface area contributed by atoms with Crippen LogP contribution in [0.5, 0.6) is 0 Å². The Bertz CT molecular complexity index is 385. The molecule has 0 heterocycles. The Morgan fingerprint density at radius 3 is 2.50 bits per heavy atom. The highest BCUT2D eigenvalue weighted by Crippen LogP contribution is 2.21. The zero-order valence-electron chi connectivity index (χ0n) is 7.83. The van der Waals surface area contributed by atoms with Crippen molar-refractivity contribution < 1.29 is 14.3 Å². The summed E-state index contributed by atoms with van der Waals surface area (Å²) in [5, 5.41) is 0. The quantitative estimate of drug-likeness (QED) is 0.603. The van der Waals surface area contributed by atoms with Crippen molar-refractivity contribution >= 4 is 27.7 Å². The maximum absolute atomic E-state index is 11.3. The van der Waals surface area contributed by atoms with E-state index in [2.05, 4.69) is 20.7 Å². The number of Topliss-reactive ketones (excluding diaryl/α,β-unsaturated/α-hetero) is 1. The monoisotopic (exact) mass is 256 g/mol. The Morgan fingerprint density at radius 2 is 2.00 bits per heavy atom. The maximum atomic E-state index is 11.3. The normalized spacial score (nSPS) is 9.64. The molecule has 0 bridgehead atoms. The van der Waals surface area contributed by atoms with Crippen LogP contribution in [0.1, 0.15) is 27.6 Å². The minimum atomic E-state index is -0.503. The zero-order chi connectivity index (χ0) is 10.7. The van der Waals surface area contributed by atoms with Gasteiger partial charge in [0.2, 0.25) is 0 Å². The van der Waals surface area contributed by atoms with E-state index in [9.17, 15) is 9.59 Å². The second-order valence-corrected chi connectivity index (χ2v) is 3.56. The van der Waals surface area contributed by atoms with Crippen LogP contribution >= 0.6 is 15.9 Å². The lowest BCUT2D eigenvalue weighted by atomic mass is 10.0. The molecule has 14 heavy (non-hydrogen) atoms. The van der Waals surface area contributed by atoms with E-state index in [0.29, 0.717) is 10.0 Å². The summed E-state index contributed by atoms with van der Waals surface area (Å²) in [4.78, 5) is 22.6. The third-order valence-electron chi connectivity index (χ3n) is 1.77. The van der Waals surface area contributed by atoms with Crippen LogP contribution in [0.4, 0.5) is 0 Å². The fourth-order valence-electron chi connectivity index (χ4n) is 1.16. The van der Waals surface area contributed by atoms with Crippen LogP contribution in [-0.2, 0) is 4.74 Å². The Kier molecular flexibility index (Phi) is 3.41. The number of halogens is 1. The molecule has 0 aliphatic rings. The van der Waals surface area contributed by atoms with Gasteiger partial charge in [0.05, 0.1) is 12.7 Å². The molecule has 0 saturated heterocycles. The van der Waals surface area contributed by atoms with Gasteiger partial charge in [-0.3, -0.25) is 4.79 Å². The molecule has 0 aliphatic carbocycles. The smallest absolute Gasteiger partial charge is 0.338 e. The van der Waals surface area contributed by atoms with E-state index in [1.807, 2.05) is 0 Å². The molecule has 0 saturated carbocycles. The zero-order valence-corrected chi connectivity index (χ0v) is 9.42. The van der Waals surface area contributed by atoms with E-state index in [-0.39, 0.29) is 11.3 Å². The van der Waals surface area contributed by atoms with Gasteiger partial charge in [-0.1, -0.05) is 22.0 Å². The van der Waals surface area contributed by atoms with Crippen LogP contribution < -0.4 is 0 Å². The Balaban J connectivity index is 3.35. The summed E-state index contributed by atoms with van der Waals surface area (Å²) >= 11 is 3.22. The number of esters is 1. The second-order valence-electron chi connectivity index (χ2n) is 2.71. The molecule has 0 atom stereocenters. The summed E-state index contributed by atoms with van der Waals surface area (Å²) in [6, 6.07) is 4.96. The first kappa shape index (κ1) is 10.9. The molecule has 0 fully saturated rings.